The van der Waals surface area contributed by atoms with Gasteiger partial charge >= 0.3 is 0 Å². The van der Waals surface area contributed by atoms with Gasteiger partial charge in [0.2, 0.25) is 5.78 Å². The van der Waals surface area contributed by atoms with E-state index in [0.717, 1.165) is 11.4 Å². The Labute approximate surface area is 105 Å². The molecule has 1 heterocycles. The Kier molecular flexibility index (Phi) is 3.62. The highest BCUT2D eigenvalue weighted by molar-refractivity contribution is 6.43. The van der Waals surface area contributed by atoms with Crippen LogP contribution in [0.3, 0.4) is 0 Å². The molecular formula is C13H14N2O3. The van der Waals surface area contributed by atoms with Crippen LogP contribution in [0.4, 0.5) is 5.69 Å². The van der Waals surface area contributed by atoms with Gasteiger partial charge in [0.25, 0.3) is 5.91 Å². The molecule has 1 aromatic carbocycles. The smallest absolute Gasteiger partial charge is 0.292 e. The van der Waals surface area contributed by atoms with Gasteiger partial charge in [-0.05, 0) is 30.7 Å². The minimum Gasteiger partial charge on any atom is -0.497 e. The number of carbonyl (C=O) groups excluding carboxylic acids is 2. The lowest BCUT2D eigenvalue weighted by atomic mass is 10.1. The summed E-state index contributed by atoms with van der Waals surface area (Å²) in [5.41, 5.74) is 1.33. The normalized spacial score (nSPS) is 17.5. The third-order valence-corrected chi connectivity index (χ3v) is 2.68. The number of hydrogen-bond acceptors (Lipinski definition) is 4. The number of ether oxygens (including phenoxy) is 1. The molecule has 2 N–H and O–H groups in total. The largest absolute Gasteiger partial charge is 0.497 e. The molecule has 0 aromatic heterocycles. The van der Waals surface area contributed by atoms with Crippen LogP contribution in [0.15, 0.2) is 36.0 Å². The van der Waals surface area contributed by atoms with Crippen LogP contribution in [0.25, 0.3) is 0 Å². The molecule has 5 heteroatoms. The molecule has 2 rings (SSSR count). The number of carbonyl (C=O) groups is 2. The molecule has 1 aromatic rings. The van der Waals surface area contributed by atoms with E-state index in [0.29, 0.717) is 18.5 Å². The number of benzene rings is 1. The summed E-state index contributed by atoms with van der Waals surface area (Å²) in [5.74, 6) is -0.243. The third-order valence-electron chi connectivity index (χ3n) is 2.68. The van der Waals surface area contributed by atoms with E-state index >= 15 is 0 Å². The number of nitrogens with one attached hydrogen (secondary N) is 2. The maximum atomic E-state index is 11.5. The highest BCUT2D eigenvalue weighted by Gasteiger charge is 2.22. The summed E-state index contributed by atoms with van der Waals surface area (Å²) in [4.78, 5) is 22.7. The van der Waals surface area contributed by atoms with Gasteiger partial charge in [-0.1, -0.05) is 0 Å². The monoisotopic (exact) mass is 246 g/mol. The average Bonchev–Trinajstić information content (AvgIpc) is 2.41. The van der Waals surface area contributed by atoms with Gasteiger partial charge < -0.3 is 15.4 Å². The Morgan fingerprint density at radius 1 is 1.28 bits per heavy atom. The van der Waals surface area contributed by atoms with Crippen molar-refractivity contribution >= 4 is 17.4 Å². The number of anilines is 1. The predicted octanol–water partition coefficient (Wildman–Crippen LogP) is 1.08. The fraction of sp³-hybridized carbons (Fsp3) is 0.231. The molecule has 0 bridgehead atoms. The van der Waals surface area contributed by atoms with Gasteiger partial charge in [-0.2, -0.15) is 0 Å². The Balaban J connectivity index is 2.05. The molecule has 0 saturated carbocycles. The van der Waals surface area contributed by atoms with Crippen LogP contribution >= 0.6 is 0 Å². The van der Waals surface area contributed by atoms with E-state index in [-0.39, 0.29) is 0 Å². The molecule has 0 aliphatic carbocycles. The quantitative estimate of drug-likeness (QED) is 0.618. The van der Waals surface area contributed by atoms with Gasteiger partial charge in [-0.15, -0.1) is 0 Å². The zero-order chi connectivity index (χ0) is 13.0. The standard InChI is InChI=1S/C13H14N2O3/c1-18-11-4-2-10(3-5-11)15-8-9-6-7-14-13(17)12(9)16/h2-5,8,15H,6-7H2,1H3,(H,14,17). The van der Waals surface area contributed by atoms with Crippen molar-refractivity contribution in [1.82, 2.24) is 5.32 Å². The number of rotatable bonds is 3. The van der Waals surface area contributed by atoms with Crippen molar-refractivity contribution < 1.29 is 14.3 Å². The maximum absolute atomic E-state index is 11.5. The molecule has 0 radical (unpaired) electrons. The first-order valence-electron chi connectivity index (χ1n) is 5.63. The second-order valence-corrected chi connectivity index (χ2v) is 3.88. The molecule has 5 nitrogen and oxygen atoms in total. The molecule has 0 unspecified atom stereocenters. The van der Waals surface area contributed by atoms with Gasteiger partial charge in [-0.3, -0.25) is 9.59 Å². The topological polar surface area (TPSA) is 67.4 Å². The number of methoxy groups -OCH3 is 1. The van der Waals surface area contributed by atoms with Crippen molar-refractivity contribution in [1.29, 1.82) is 0 Å². The second kappa shape index (κ2) is 5.35. The van der Waals surface area contributed by atoms with Crippen LogP contribution in [0.1, 0.15) is 6.42 Å². The summed E-state index contributed by atoms with van der Waals surface area (Å²) in [7, 11) is 1.60. The van der Waals surface area contributed by atoms with Crippen LogP contribution < -0.4 is 15.4 Å². The SMILES string of the molecule is COc1ccc(NC=C2CCNC(=O)C2=O)cc1. The summed E-state index contributed by atoms with van der Waals surface area (Å²) in [6, 6.07) is 7.30. The van der Waals surface area contributed by atoms with Crippen molar-refractivity contribution in [2.24, 2.45) is 0 Å². The van der Waals surface area contributed by atoms with E-state index in [4.69, 9.17) is 4.74 Å². The van der Waals surface area contributed by atoms with Crippen LogP contribution in [-0.2, 0) is 9.59 Å². The van der Waals surface area contributed by atoms with Crippen LogP contribution in [0, 0.1) is 0 Å². The fourth-order valence-electron chi connectivity index (χ4n) is 1.65. The number of hydrogen-bond donors (Lipinski definition) is 2. The Morgan fingerprint density at radius 2 is 2.00 bits per heavy atom. The van der Waals surface area contributed by atoms with Gasteiger partial charge in [0, 0.05) is 24.0 Å². The zero-order valence-corrected chi connectivity index (χ0v) is 10.0. The molecule has 0 atom stereocenters. The summed E-state index contributed by atoms with van der Waals surface area (Å²) in [6.07, 6.45) is 2.14. The first-order chi connectivity index (χ1) is 8.70. The molecule has 1 aliphatic rings. The molecule has 1 amide bonds. The highest BCUT2D eigenvalue weighted by Crippen LogP contribution is 2.16. The molecule has 94 valence electrons. The second-order valence-electron chi connectivity index (χ2n) is 3.88. The van der Waals surface area contributed by atoms with E-state index in [9.17, 15) is 9.59 Å². The van der Waals surface area contributed by atoms with Crippen molar-refractivity contribution in [2.75, 3.05) is 19.0 Å². The van der Waals surface area contributed by atoms with Crippen molar-refractivity contribution in [3.8, 4) is 5.75 Å². The summed E-state index contributed by atoms with van der Waals surface area (Å²) >= 11 is 0. The Morgan fingerprint density at radius 3 is 2.67 bits per heavy atom. The lowest BCUT2D eigenvalue weighted by Gasteiger charge is -2.13. The average molecular weight is 246 g/mol. The summed E-state index contributed by atoms with van der Waals surface area (Å²) in [5, 5.41) is 5.50. The minimum atomic E-state index is -0.538. The van der Waals surface area contributed by atoms with Crippen molar-refractivity contribution in [3.05, 3.63) is 36.0 Å². The summed E-state index contributed by atoms with van der Waals surface area (Å²) in [6.45, 7) is 0.501. The van der Waals surface area contributed by atoms with Crippen LogP contribution in [0.2, 0.25) is 0 Å². The van der Waals surface area contributed by atoms with E-state index in [1.807, 2.05) is 24.3 Å². The van der Waals surface area contributed by atoms with E-state index < -0.39 is 11.7 Å². The lowest BCUT2D eigenvalue weighted by Crippen LogP contribution is -2.38. The number of ketones is 1. The first-order valence-corrected chi connectivity index (χ1v) is 5.63. The lowest BCUT2D eigenvalue weighted by molar-refractivity contribution is -0.136. The van der Waals surface area contributed by atoms with Gasteiger partial charge in [0.1, 0.15) is 5.75 Å². The Bertz CT molecular complexity index is 491. The molecule has 1 fully saturated rings. The van der Waals surface area contributed by atoms with Gasteiger partial charge in [0.15, 0.2) is 0 Å². The zero-order valence-electron chi connectivity index (χ0n) is 10.0. The van der Waals surface area contributed by atoms with E-state index in [1.54, 1.807) is 13.3 Å². The van der Waals surface area contributed by atoms with E-state index in [1.165, 1.54) is 0 Å². The van der Waals surface area contributed by atoms with Crippen LogP contribution in [-0.4, -0.2) is 25.3 Å². The molecule has 18 heavy (non-hydrogen) atoms. The number of piperidine rings is 1. The fourth-order valence-corrected chi connectivity index (χ4v) is 1.65. The first kappa shape index (κ1) is 12.2. The summed E-state index contributed by atoms with van der Waals surface area (Å²) < 4.78 is 5.04. The van der Waals surface area contributed by atoms with Gasteiger partial charge in [-0.25, -0.2) is 0 Å². The third kappa shape index (κ3) is 2.68. The molecule has 0 spiro atoms. The molecular weight excluding hydrogens is 232 g/mol. The molecule has 1 aliphatic heterocycles. The van der Waals surface area contributed by atoms with E-state index in [2.05, 4.69) is 10.6 Å². The van der Waals surface area contributed by atoms with Crippen molar-refractivity contribution in [2.45, 2.75) is 6.42 Å². The highest BCUT2D eigenvalue weighted by atomic mass is 16.5. The predicted molar refractivity (Wildman–Crippen MR) is 67.3 cm³/mol. The maximum Gasteiger partial charge on any atom is 0.292 e. The number of amides is 1. The molecule has 1 saturated heterocycles. The van der Waals surface area contributed by atoms with Gasteiger partial charge in [0.05, 0.1) is 7.11 Å². The van der Waals surface area contributed by atoms with Crippen molar-refractivity contribution in [3.63, 3.8) is 0 Å². The minimum absolute atomic E-state index is 0.470. The van der Waals surface area contributed by atoms with Crippen LogP contribution in [0.5, 0.6) is 5.75 Å². The Hall–Kier alpha value is -2.30. The number of Topliss-reactive ketones (excluding diaryl/α,β-unsaturated/α-hetero) is 1.